The Balaban J connectivity index is 1.83. The van der Waals surface area contributed by atoms with Gasteiger partial charge in [0.05, 0.1) is 12.2 Å². The predicted molar refractivity (Wildman–Crippen MR) is 87.3 cm³/mol. The van der Waals surface area contributed by atoms with Crippen molar-refractivity contribution in [2.24, 2.45) is 0 Å². The number of benzene rings is 1. The molecule has 116 valence electrons. The molecule has 0 atom stereocenters. The molecule has 1 aliphatic heterocycles. The minimum atomic E-state index is -0.902. The van der Waals surface area contributed by atoms with Gasteiger partial charge in [-0.25, -0.2) is 9.78 Å². The molecule has 22 heavy (non-hydrogen) atoms. The number of hydrogen-bond donors (Lipinski definition) is 1. The van der Waals surface area contributed by atoms with E-state index in [2.05, 4.69) is 21.8 Å². The molecule has 1 aromatic heterocycles. The van der Waals surface area contributed by atoms with Crippen LogP contribution in [0.25, 0.3) is 11.3 Å². The Hall–Kier alpha value is -1.76. The van der Waals surface area contributed by atoms with E-state index in [-0.39, 0.29) is 0 Å². The van der Waals surface area contributed by atoms with Gasteiger partial charge in [-0.2, -0.15) is 0 Å². The van der Waals surface area contributed by atoms with Crippen molar-refractivity contribution in [3.8, 4) is 11.3 Å². The van der Waals surface area contributed by atoms with E-state index in [0.29, 0.717) is 10.6 Å². The Morgan fingerprint density at radius 1 is 1.23 bits per heavy atom. The maximum atomic E-state index is 11.5. The Morgan fingerprint density at radius 2 is 1.91 bits per heavy atom. The second kappa shape index (κ2) is 6.56. The minimum absolute atomic E-state index is 0.329. The van der Waals surface area contributed by atoms with Gasteiger partial charge in [0.1, 0.15) is 9.88 Å². The van der Waals surface area contributed by atoms with Crippen molar-refractivity contribution in [2.45, 2.75) is 6.54 Å². The normalized spacial score (nSPS) is 16.8. The number of thiazole rings is 1. The summed E-state index contributed by atoms with van der Waals surface area (Å²) in [6.07, 6.45) is 0. The molecule has 2 aromatic rings. The molecule has 0 aliphatic carbocycles. The van der Waals surface area contributed by atoms with Crippen molar-refractivity contribution in [3.63, 3.8) is 0 Å². The molecular formula is C16H19N3O2S. The fourth-order valence-corrected chi connectivity index (χ4v) is 3.53. The first-order valence-electron chi connectivity index (χ1n) is 7.33. The maximum Gasteiger partial charge on any atom is 0.348 e. The molecule has 0 amide bonds. The van der Waals surface area contributed by atoms with Gasteiger partial charge in [-0.15, -0.1) is 11.3 Å². The average molecular weight is 317 g/mol. The molecule has 0 bridgehead atoms. The summed E-state index contributed by atoms with van der Waals surface area (Å²) in [6.45, 7) is 4.81. The van der Waals surface area contributed by atoms with E-state index >= 15 is 0 Å². The van der Waals surface area contributed by atoms with Crippen LogP contribution in [0.15, 0.2) is 30.3 Å². The third-order valence-electron chi connectivity index (χ3n) is 3.87. The van der Waals surface area contributed by atoms with Crippen LogP contribution >= 0.6 is 11.3 Å². The Labute approximate surface area is 133 Å². The summed E-state index contributed by atoms with van der Waals surface area (Å²) in [4.78, 5) is 21.1. The number of carboxylic acid groups (broad SMARTS) is 1. The number of carboxylic acids is 1. The summed E-state index contributed by atoms with van der Waals surface area (Å²) in [7, 11) is 2.12. The van der Waals surface area contributed by atoms with E-state index in [1.165, 1.54) is 11.3 Å². The standard InChI is InChI=1S/C16H19N3O2S/c1-18-7-9-19(10-8-18)11-13-17-14(15(22-13)16(20)21)12-5-3-2-4-6-12/h2-6H,7-11H2,1H3,(H,20,21). The highest BCUT2D eigenvalue weighted by atomic mass is 32.1. The summed E-state index contributed by atoms with van der Waals surface area (Å²) in [6, 6.07) is 9.53. The second-order valence-electron chi connectivity index (χ2n) is 5.54. The quantitative estimate of drug-likeness (QED) is 0.937. The summed E-state index contributed by atoms with van der Waals surface area (Å²) < 4.78 is 0. The summed E-state index contributed by atoms with van der Waals surface area (Å²) in [5, 5.41) is 10.3. The molecule has 3 rings (SSSR count). The lowest BCUT2D eigenvalue weighted by Crippen LogP contribution is -2.43. The summed E-state index contributed by atoms with van der Waals surface area (Å²) in [5.41, 5.74) is 1.45. The van der Waals surface area contributed by atoms with Crippen LogP contribution in [0, 0.1) is 0 Å². The van der Waals surface area contributed by atoms with Gasteiger partial charge < -0.3 is 10.0 Å². The van der Waals surface area contributed by atoms with Gasteiger partial charge in [0.25, 0.3) is 0 Å². The van der Waals surface area contributed by atoms with Crippen LogP contribution < -0.4 is 0 Å². The number of carbonyl (C=O) groups is 1. The Bertz CT molecular complexity index is 649. The Morgan fingerprint density at radius 3 is 2.55 bits per heavy atom. The highest BCUT2D eigenvalue weighted by Gasteiger charge is 2.21. The highest BCUT2D eigenvalue weighted by molar-refractivity contribution is 7.14. The van der Waals surface area contributed by atoms with Crippen LogP contribution in [-0.4, -0.2) is 59.1 Å². The van der Waals surface area contributed by atoms with Crippen LogP contribution in [0.1, 0.15) is 14.7 Å². The van der Waals surface area contributed by atoms with Crippen LogP contribution in [0.3, 0.4) is 0 Å². The van der Waals surface area contributed by atoms with E-state index in [4.69, 9.17) is 0 Å². The molecule has 0 radical (unpaired) electrons. The van der Waals surface area contributed by atoms with Gasteiger partial charge in [0, 0.05) is 31.7 Å². The van der Waals surface area contributed by atoms with Crippen LogP contribution in [0.4, 0.5) is 0 Å². The molecule has 1 saturated heterocycles. The van der Waals surface area contributed by atoms with Crippen LogP contribution in [0.5, 0.6) is 0 Å². The van der Waals surface area contributed by atoms with E-state index in [1.54, 1.807) is 0 Å². The fourth-order valence-electron chi connectivity index (χ4n) is 2.57. The van der Waals surface area contributed by atoms with Gasteiger partial charge in [-0.1, -0.05) is 30.3 Å². The smallest absolute Gasteiger partial charge is 0.348 e. The zero-order chi connectivity index (χ0) is 15.5. The molecule has 1 aromatic carbocycles. The molecule has 0 unspecified atom stereocenters. The lowest BCUT2D eigenvalue weighted by molar-refractivity contribution is 0.0702. The molecule has 1 N–H and O–H groups in total. The van der Waals surface area contributed by atoms with Crippen molar-refractivity contribution >= 4 is 17.3 Å². The average Bonchev–Trinajstić information content (AvgIpc) is 2.95. The third kappa shape index (κ3) is 3.35. The number of nitrogens with zero attached hydrogens (tertiary/aromatic N) is 3. The molecule has 5 nitrogen and oxygen atoms in total. The largest absolute Gasteiger partial charge is 0.477 e. The summed E-state index contributed by atoms with van der Waals surface area (Å²) >= 11 is 1.29. The zero-order valence-corrected chi connectivity index (χ0v) is 13.3. The maximum absolute atomic E-state index is 11.5. The van der Waals surface area contributed by atoms with Crippen molar-refractivity contribution in [1.82, 2.24) is 14.8 Å². The number of piperazine rings is 1. The fraction of sp³-hybridized carbons (Fsp3) is 0.375. The lowest BCUT2D eigenvalue weighted by Gasteiger charge is -2.31. The van der Waals surface area contributed by atoms with Crippen molar-refractivity contribution in [2.75, 3.05) is 33.2 Å². The van der Waals surface area contributed by atoms with Crippen molar-refractivity contribution in [1.29, 1.82) is 0 Å². The van der Waals surface area contributed by atoms with Crippen LogP contribution in [-0.2, 0) is 6.54 Å². The van der Waals surface area contributed by atoms with Gasteiger partial charge in [0.15, 0.2) is 0 Å². The topological polar surface area (TPSA) is 56.7 Å². The predicted octanol–water partition coefficient (Wildman–Crippen LogP) is 2.26. The molecular weight excluding hydrogens is 298 g/mol. The van der Waals surface area contributed by atoms with Crippen LogP contribution in [0.2, 0.25) is 0 Å². The minimum Gasteiger partial charge on any atom is -0.477 e. The number of likely N-dealkylation sites (N-methyl/N-ethyl adjacent to an activating group) is 1. The first kappa shape index (κ1) is 15.1. The second-order valence-corrected chi connectivity index (χ2v) is 6.62. The number of hydrogen-bond acceptors (Lipinski definition) is 5. The molecule has 1 fully saturated rings. The first-order valence-corrected chi connectivity index (χ1v) is 8.14. The van der Waals surface area contributed by atoms with Gasteiger partial charge in [-0.3, -0.25) is 4.90 Å². The molecule has 0 saturated carbocycles. The number of rotatable bonds is 4. The zero-order valence-electron chi connectivity index (χ0n) is 12.5. The Kier molecular flexibility index (Phi) is 4.52. The monoisotopic (exact) mass is 317 g/mol. The molecule has 1 aliphatic rings. The van der Waals surface area contributed by atoms with Crippen molar-refractivity contribution < 1.29 is 9.90 Å². The molecule has 2 heterocycles. The van der Waals surface area contributed by atoms with E-state index in [9.17, 15) is 9.90 Å². The summed E-state index contributed by atoms with van der Waals surface area (Å²) in [5.74, 6) is -0.902. The van der Waals surface area contributed by atoms with Crippen molar-refractivity contribution in [3.05, 3.63) is 40.2 Å². The first-order chi connectivity index (χ1) is 10.6. The molecule has 0 spiro atoms. The third-order valence-corrected chi connectivity index (χ3v) is 4.90. The lowest BCUT2D eigenvalue weighted by atomic mass is 10.1. The highest BCUT2D eigenvalue weighted by Crippen LogP contribution is 2.29. The van der Waals surface area contributed by atoms with Gasteiger partial charge in [-0.05, 0) is 7.05 Å². The molecule has 6 heteroatoms. The van der Waals surface area contributed by atoms with E-state index < -0.39 is 5.97 Å². The number of aromatic nitrogens is 1. The van der Waals surface area contributed by atoms with E-state index in [0.717, 1.165) is 43.3 Å². The van der Waals surface area contributed by atoms with Gasteiger partial charge in [0.2, 0.25) is 0 Å². The number of aromatic carboxylic acids is 1. The van der Waals surface area contributed by atoms with E-state index in [1.807, 2.05) is 30.3 Å². The van der Waals surface area contributed by atoms with Gasteiger partial charge >= 0.3 is 5.97 Å². The SMILES string of the molecule is CN1CCN(Cc2nc(-c3ccccc3)c(C(=O)O)s2)CC1.